The largest absolute Gasteiger partial charge is 0.378 e. The van der Waals surface area contributed by atoms with Crippen LogP contribution < -0.4 is 21.1 Å². The molecule has 2 atom stereocenters. The Morgan fingerprint density at radius 3 is 2.96 bits per heavy atom. The van der Waals surface area contributed by atoms with E-state index >= 15 is 0 Å². The number of hydrogen-bond acceptors (Lipinski definition) is 5. The van der Waals surface area contributed by atoms with E-state index in [4.69, 9.17) is 0 Å². The third-order valence-corrected chi connectivity index (χ3v) is 4.30. The molecule has 1 aliphatic rings. The average Bonchev–Trinajstić information content (AvgIpc) is 3.04. The molecule has 2 aromatic rings. The Morgan fingerprint density at radius 2 is 2.17 bits per heavy atom. The van der Waals surface area contributed by atoms with E-state index in [1.54, 1.807) is 0 Å². The van der Waals surface area contributed by atoms with Gasteiger partial charge in [0.25, 0.3) is 0 Å². The molecule has 0 aliphatic carbocycles. The Hall–Kier alpha value is -1.95. The Labute approximate surface area is 138 Å². The maximum atomic E-state index is 4.22. The monoisotopic (exact) mass is 311 g/mol. The van der Waals surface area contributed by atoms with Crippen LogP contribution >= 0.6 is 0 Å². The first-order valence-corrected chi connectivity index (χ1v) is 8.09. The first kappa shape index (κ1) is 15.9. The molecule has 5 nitrogen and oxygen atoms in total. The lowest BCUT2D eigenvalue weighted by atomic mass is 9.96. The molecule has 1 aromatic carbocycles. The van der Waals surface area contributed by atoms with Crippen molar-refractivity contribution in [1.82, 2.24) is 21.2 Å². The lowest BCUT2D eigenvalue weighted by Crippen LogP contribution is -2.28. The normalized spacial score (nSPS) is 20.6. The Kier molecular flexibility index (Phi) is 5.23. The van der Waals surface area contributed by atoms with E-state index in [1.165, 1.54) is 16.8 Å². The highest BCUT2D eigenvalue weighted by atomic mass is 15.4. The molecular formula is C18H25N5. The van der Waals surface area contributed by atoms with Gasteiger partial charge in [-0.1, -0.05) is 18.2 Å². The fourth-order valence-electron chi connectivity index (χ4n) is 2.99. The smallest absolute Gasteiger partial charge is 0.0530 e. The van der Waals surface area contributed by atoms with Gasteiger partial charge in [0, 0.05) is 57.7 Å². The highest BCUT2D eigenvalue weighted by molar-refractivity contribution is 5.47. The molecule has 0 bridgehead atoms. The van der Waals surface area contributed by atoms with E-state index in [2.05, 4.69) is 70.5 Å². The number of pyridine rings is 1. The quantitative estimate of drug-likeness (QED) is 0.758. The van der Waals surface area contributed by atoms with Crippen LogP contribution in [0.5, 0.6) is 0 Å². The van der Waals surface area contributed by atoms with Crippen LogP contribution in [0.2, 0.25) is 0 Å². The number of nitrogens with zero attached hydrogens (tertiary/aromatic N) is 2. The molecule has 122 valence electrons. The van der Waals surface area contributed by atoms with Crippen LogP contribution in [0, 0.1) is 5.92 Å². The van der Waals surface area contributed by atoms with Gasteiger partial charge < -0.3 is 10.2 Å². The van der Waals surface area contributed by atoms with E-state index < -0.39 is 0 Å². The summed E-state index contributed by atoms with van der Waals surface area (Å²) in [6.45, 7) is 2.81. The highest BCUT2D eigenvalue weighted by Gasteiger charge is 2.27. The first-order chi connectivity index (χ1) is 11.2. The molecule has 1 aromatic heterocycles. The van der Waals surface area contributed by atoms with E-state index in [-0.39, 0.29) is 0 Å². The maximum Gasteiger partial charge on any atom is 0.0530 e. The number of rotatable bonds is 6. The van der Waals surface area contributed by atoms with Gasteiger partial charge in [0.2, 0.25) is 0 Å². The van der Waals surface area contributed by atoms with Crippen LogP contribution in [0.15, 0.2) is 48.8 Å². The molecule has 2 heterocycles. The first-order valence-electron chi connectivity index (χ1n) is 8.09. The number of benzene rings is 1. The fraction of sp³-hybridized carbons (Fsp3) is 0.389. The molecule has 2 unspecified atom stereocenters. The molecular weight excluding hydrogens is 286 g/mol. The molecule has 0 radical (unpaired) electrons. The van der Waals surface area contributed by atoms with Gasteiger partial charge >= 0.3 is 0 Å². The van der Waals surface area contributed by atoms with E-state index in [0.717, 1.165) is 19.6 Å². The summed E-state index contributed by atoms with van der Waals surface area (Å²) >= 11 is 0. The second-order valence-corrected chi connectivity index (χ2v) is 6.24. The maximum absolute atomic E-state index is 4.22. The number of hydrogen-bond donors (Lipinski definition) is 3. The summed E-state index contributed by atoms with van der Waals surface area (Å²) in [5, 5.41) is 3.59. The topological polar surface area (TPSA) is 52.2 Å². The molecule has 3 N–H and O–H groups in total. The SMILES string of the molecule is CN(C)c1cccc(CNCC2CNNC2c2cccnc2)c1. The van der Waals surface area contributed by atoms with Crippen LogP contribution in [0.3, 0.4) is 0 Å². The second-order valence-electron chi connectivity index (χ2n) is 6.24. The zero-order valence-electron chi connectivity index (χ0n) is 13.8. The van der Waals surface area contributed by atoms with Crippen molar-refractivity contribution in [1.29, 1.82) is 0 Å². The van der Waals surface area contributed by atoms with E-state index in [1.807, 2.05) is 18.5 Å². The van der Waals surface area contributed by atoms with Crippen molar-refractivity contribution < 1.29 is 0 Å². The van der Waals surface area contributed by atoms with Crippen LogP contribution in [-0.4, -0.2) is 32.2 Å². The lowest BCUT2D eigenvalue weighted by molar-refractivity contribution is 0.441. The Morgan fingerprint density at radius 1 is 1.26 bits per heavy atom. The summed E-state index contributed by atoms with van der Waals surface area (Å²) in [6.07, 6.45) is 3.76. The molecule has 0 amide bonds. The minimum atomic E-state index is 0.310. The molecule has 0 saturated carbocycles. The molecule has 3 rings (SSSR count). The molecule has 0 spiro atoms. The van der Waals surface area contributed by atoms with Gasteiger partial charge in [-0.25, -0.2) is 5.43 Å². The number of hydrazine groups is 1. The van der Waals surface area contributed by atoms with E-state index in [0.29, 0.717) is 12.0 Å². The van der Waals surface area contributed by atoms with Crippen molar-refractivity contribution in [2.24, 2.45) is 5.92 Å². The summed E-state index contributed by atoms with van der Waals surface area (Å²) in [6, 6.07) is 13.1. The number of nitrogens with one attached hydrogen (secondary N) is 3. The predicted molar refractivity (Wildman–Crippen MR) is 94.1 cm³/mol. The third kappa shape index (κ3) is 4.07. The van der Waals surface area contributed by atoms with Crippen LogP contribution in [0.25, 0.3) is 0 Å². The zero-order chi connectivity index (χ0) is 16.1. The van der Waals surface area contributed by atoms with Crippen molar-refractivity contribution in [3.63, 3.8) is 0 Å². The van der Waals surface area contributed by atoms with Gasteiger partial charge in [-0.05, 0) is 29.3 Å². The predicted octanol–water partition coefficient (Wildman–Crippen LogP) is 1.70. The Balaban J connectivity index is 1.55. The molecule has 5 heteroatoms. The zero-order valence-corrected chi connectivity index (χ0v) is 13.8. The van der Waals surface area contributed by atoms with Crippen LogP contribution in [-0.2, 0) is 6.54 Å². The van der Waals surface area contributed by atoms with Gasteiger partial charge in [0.15, 0.2) is 0 Å². The highest BCUT2D eigenvalue weighted by Crippen LogP contribution is 2.23. The fourth-order valence-corrected chi connectivity index (χ4v) is 2.99. The average molecular weight is 311 g/mol. The lowest BCUT2D eigenvalue weighted by Gasteiger charge is -2.19. The van der Waals surface area contributed by atoms with Crippen molar-refractivity contribution in [2.75, 3.05) is 32.1 Å². The second kappa shape index (κ2) is 7.55. The van der Waals surface area contributed by atoms with Gasteiger partial charge in [-0.2, -0.15) is 0 Å². The molecule has 1 aliphatic heterocycles. The van der Waals surface area contributed by atoms with Crippen molar-refractivity contribution in [2.45, 2.75) is 12.6 Å². The standard InChI is InChI=1S/C18H25N5/c1-23(2)17-7-3-5-14(9-17)10-20-12-16-13-21-22-18(16)15-6-4-8-19-11-15/h3-9,11,16,18,20-22H,10,12-13H2,1-2H3. The van der Waals surface area contributed by atoms with Crippen molar-refractivity contribution in [3.05, 3.63) is 59.9 Å². The molecule has 1 saturated heterocycles. The van der Waals surface area contributed by atoms with Gasteiger partial charge in [-0.3, -0.25) is 10.4 Å². The summed E-state index contributed by atoms with van der Waals surface area (Å²) in [5.41, 5.74) is 10.4. The van der Waals surface area contributed by atoms with Gasteiger partial charge in [0.05, 0.1) is 6.04 Å². The van der Waals surface area contributed by atoms with Crippen molar-refractivity contribution in [3.8, 4) is 0 Å². The summed E-state index contributed by atoms with van der Waals surface area (Å²) < 4.78 is 0. The van der Waals surface area contributed by atoms with Gasteiger partial charge in [0.1, 0.15) is 0 Å². The number of aromatic nitrogens is 1. The summed E-state index contributed by atoms with van der Waals surface area (Å²) in [7, 11) is 4.14. The van der Waals surface area contributed by atoms with Crippen LogP contribution in [0.4, 0.5) is 5.69 Å². The Bertz CT molecular complexity index is 614. The summed E-state index contributed by atoms with van der Waals surface area (Å²) in [4.78, 5) is 6.36. The molecule has 1 fully saturated rings. The molecule has 23 heavy (non-hydrogen) atoms. The minimum Gasteiger partial charge on any atom is -0.378 e. The van der Waals surface area contributed by atoms with Gasteiger partial charge in [-0.15, -0.1) is 0 Å². The minimum absolute atomic E-state index is 0.310. The summed E-state index contributed by atoms with van der Waals surface area (Å²) in [5.74, 6) is 0.510. The van der Waals surface area contributed by atoms with Crippen molar-refractivity contribution >= 4 is 5.69 Å². The number of anilines is 1. The third-order valence-electron chi connectivity index (χ3n) is 4.30. The van der Waals surface area contributed by atoms with E-state index in [9.17, 15) is 0 Å². The van der Waals surface area contributed by atoms with Crippen LogP contribution in [0.1, 0.15) is 17.2 Å².